The topological polar surface area (TPSA) is 12.0 Å². The van der Waals surface area contributed by atoms with E-state index in [2.05, 4.69) is 19.2 Å². The van der Waals surface area contributed by atoms with E-state index in [4.69, 9.17) is 0 Å². The van der Waals surface area contributed by atoms with E-state index >= 15 is 0 Å². The van der Waals surface area contributed by atoms with Crippen LogP contribution in [-0.2, 0) is 0 Å². The lowest BCUT2D eigenvalue weighted by molar-refractivity contribution is 0.273. The molecule has 0 rings (SSSR count). The van der Waals surface area contributed by atoms with Crippen LogP contribution in [0.15, 0.2) is 0 Å². The highest BCUT2D eigenvalue weighted by Gasteiger charge is 2.05. The van der Waals surface area contributed by atoms with Crippen LogP contribution in [0.25, 0.3) is 0 Å². The Morgan fingerprint density at radius 1 is 1.36 bits per heavy atom. The summed E-state index contributed by atoms with van der Waals surface area (Å²) in [5.74, 6) is 0.651. The molecule has 68 valence electrons. The van der Waals surface area contributed by atoms with Gasteiger partial charge in [0.25, 0.3) is 0 Å². The molecular formula is C9H20FN. The molecule has 0 unspecified atom stereocenters. The van der Waals surface area contributed by atoms with Crippen molar-refractivity contribution < 1.29 is 4.39 Å². The summed E-state index contributed by atoms with van der Waals surface area (Å²) in [7, 11) is 0. The molecule has 0 aromatic carbocycles. The first-order valence-electron chi connectivity index (χ1n) is 4.58. The van der Waals surface area contributed by atoms with E-state index in [1.165, 1.54) is 12.8 Å². The van der Waals surface area contributed by atoms with Crippen LogP contribution in [0, 0.1) is 5.92 Å². The summed E-state index contributed by atoms with van der Waals surface area (Å²) in [5.41, 5.74) is 0. The molecule has 0 bridgehead atoms. The minimum absolute atomic E-state index is 0.651. The molecule has 0 radical (unpaired) electrons. The van der Waals surface area contributed by atoms with Gasteiger partial charge in [-0.25, -0.2) is 4.39 Å². The summed E-state index contributed by atoms with van der Waals surface area (Å²) >= 11 is 0. The third kappa shape index (κ3) is 6.29. The maximum absolute atomic E-state index is 12.3. The first kappa shape index (κ1) is 10.9. The third-order valence-corrected chi connectivity index (χ3v) is 1.96. The summed E-state index contributed by atoms with van der Waals surface area (Å²) in [5, 5.41) is 2.81. The standard InChI is InChI=1S/C9H20FN/c1-4-6-9(5-2)7-11-8(3)10/h8-9,11H,4-7H2,1-3H3/t8-,9+/m1/s1. The zero-order valence-electron chi connectivity index (χ0n) is 7.86. The second kappa shape index (κ2) is 6.59. The lowest BCUT2D eigenvalue weighted by atomic mass is 10.0. The average molecular weight is 161 g/mol. The van der Waals surface area contributed by atoms with E-state index in [0.29, 0.717) is 5.92 Å². The van der Waals surface area contributed by atoms with Gasteiger partial charge in [-0.1, -0.05) is 26.7 Å². The van der Waals surface area contributed by atoms with Gasteiger partial charge in [-0.15, -0.1) is 0 Å². The molecule has 0 amide bonds. The third-order valence-electron chi connectivity index (χ3n) is 1.96. The zero-order valence-corrected chi connectivity index (χ0v) is 7.86. The molecule has 0 aromatic rings. The van der Waals surface area contributed by atoms with Crippen LogP contribution in [0.1, 0.15) is 40.0 Å². The van der Waals surface area contributed by atoms with Crippen molar-refractivity contribution in [3.05, 3.63) is 0 Å². The molecule has 0 aliphatic carbocycles. The highest BCUT2D eigenvalue weighted by atomic mass is 19.1. The second-order valence-corrected chi connectivity index (χ2v) is 3.09. The summed E-state index contributed by atoms with van der Waals surface area (Å²) in [6, 6.07) is 0. The smallest absolute Gasteiger partial charge is 0.148 e. The van der Waals surface area contributed by atoms with Crippen LogP contribution in [0.2, 0.25) is 0 Å². The molecule has 1 N–H and O–H groups in total. The van der Waals surface area contributed by atoms with E-state index < -0.39 is 6.30 Å². The average Bonchev–Trinajstić information content (AvgIpc) is 1.97. The SMILES string of the molecule is CCC[C@H](CC)CN[C@H](C)F. The molecule has 0 heterocycles. The minimum atomic E-state index is -0.860. The first-order chi connectivity index (χ1) is 5.20. The van der Waals surface area contributed by atoms with Crippen molar-refractivity contribution in [1.82, 2.24) is 5.32 Å². The van der Waals surface area contributed by atoms with Gasteiger partial charge in [0.15, 0.2) is 0 Å². The molecule has 0 saturated carbocycles. The van der Waals surface area contributed by atoms with Crippen LogP contribution in [0.3, 0.4) is 0 Å². The van der Waals surface area contributed by atoms with Crippen molar-refractivity contribution in [2.45, 2.75) is 46.3 Å². The Labute approximate surface area is 69.4 Å². The predicted molar refractivity (Wildman–Crippen MR) is 47.3 cm³/mol. The number of nitrogens with one attached hydrogen (secondary N) is 1. The lowest BCUT2D eigenvalue weighted by Crippen LogP contribution is -2.27. The molecule has 0 saturated heterocycles. The fraction of sp³-hybridized carbons (Fsp3) is 1.00. The molecule has 0 aromatic heterocycles. The van der Waals surface area contributed by atoms with Gasteiger partial charge in [-0.05, 0) is 19.3 Å². The highest BCUT2D eigenvalue weighted by molar-refractivity contribution is 4.60. The molecule has 11 heavy (non-hydrogen) atoms. The Bertz CT molecular complexity index is 83.6. The fourth-order valence-electron chi connectivity index (χ4n) is 1.19. The van der Waals surface area contributed by atoms with E-state index in [-0.39, 0.29) is 0 Å². The maximum atomic E-state index is 12.3. The van der Waals surface area contributed by atoms with E-state index in [1.54, 1.807) is 6.92 Å². The van der Waals surface area contributed by atoms with Crippen molar-refractivity contribution >= 4 is 0 Å². The number of alkyl halides is 1. The molecule has 0 aliphatic heterocycles. The van der Waals surface area contributed by atoms with Crippen molar-refractivity contribution in [3.8, 4) is 0 Å². The highest BCUT2D eigenvalue weighted by Crippen LogP contribution is 2.09. The van der Waals surface area contributed by atoms with Gasteiger partial charge >= 0.3 is 0 Å². The van der Waals surface area contributed by atoms with Gasteiger partial charge in [-0.2, -0.15) is 0 Å². The number of hydrogen-bond donors (Lipinski definition) is 1. The Kier molecular flexibility index (Phi) is 6.52. The summed E-state index contributed by atoms with van der Waals surface area (Å²) in [6.45, 7) is 6.69. The molecule has 2 atom stereocenters. The van der Waals surface area contributed by atoms with Crippen molar-refractivity contribution in [1.29, 1.82) is 0 Å². The quantitative estimate of drug-likeness (QED) is 0.591. The minimum Gasteiger partial charge on any atom is -0.288 e. The fourth-order valence-corrected chi connectivity index (χ4v) is 1.19. The van der Waals surface area contributed by atoms with Gasteiger partial charge in [0.1, 0.15) is 6.30 Å². The molecule has 0 aliphatic rings. The largest absolute Gasteiger partial charge is 0.288 e. The number of halogens is 1. The normalized spacial score (nSPS) is 16.4. The molecule has 1 nitrogen and oxygen atoms in total. The van der Waals surface area contributed by atoms with E-state index in [9.17, 15) is 4.39 Å². The van der Waals surface area contributed by atoms with Crippen molar-refractivity contribution in [2.24, 2.45) is 5.92 Å². The van der Waals surface area contributed by atoms with Gasteiger partial charge in [0, 0.05) is 6.54 Å². The van der Waals surface area contributed by atoms with Gasteiger partial charge in [-0.3, -0.25) is 5.32 Å². The summed E-state index contributed by atoms with van der Waals surface area (Å²) in [4.78, 5) is 0. The van der Waals surface area contributed by atoms with Gasteiger partial charge in [0.05, 0.1) is 0 Å². The zero-order chi connectivity index (χ0) is 8.69. The Hall–Kier alpha value is -0.110. The Morgan fingerprint density at radius 3 is 2.36 bits per heavy atom. The lowest BCUT2D eigenvalue weighted by Gasteiger charge is -2.14. The number of hydrogen-bond acceptors (Lipinski definition) is 1. The Morgan fingerprint density at radius 2 is 2.00 bits per heavy atom. The van der Waals surface area contributed by atoms with Gasteiger partial charge in [0.2, 0.25) is 0 Å². The summed E-state index contributed by atoms with van der Waals surface area (Å²) in [6.07, 6.45) is 2.69. The van der Waals surface area contributed by atoms with E-state index in [0.717, 1.165) is 13.0 Å². The maximum Gasteiger partial charge on any atom is 0.148 e. The van der Waals surface area contributed by atoms with Crippen LogP contribution in [0.4, 0.5) is 4.39 Å². The van der Waals surface area contributed by atoms with Gasteiger partial charge < -0.3 is 0 Å². The molecular weight excluding hydrogens is 141 g/mol. The van der Waals surface area contributed by atoms with Crippen molar-refractivity contribution in [3.63, 3.8) is 0 Å². The van der Waals surface area contributed by atoms with Crippen LogP contribution >= 0.6 is 0 Å². The van der Waals surface area contributed by atoms with Crippen LogP contribution in [0.5, 0.6) is 0 Å². The van der Waals surface area contributed by atoms with E-state index in [1.807, 2.05) is 0 Å². The molecule has 0 spiro atoms. The first-order valence-corrected chi connectivity index (χ1v) is 4.58. The van der Waals surface area contributed by atoms with Crippen molar-refractivity contribution in [2.75, 3.05) is 6.54 Å². The monoisotopic (exact) mass is 161 g/mol. The molecule has 0 fully saturated rings. The summed E-state index contributed by atoms with van der Waals surface area (Å²) < 4.78 is 12.3. The predicted octanol–water partition coefficient (Wildman–Crippen LogP) is 2.72. The van der Waals surface area contributed by atoms with Crippen LogP contribution in [-0.4, -0.2) is 12.8 Å². The van der Waals surface area contributed by atoms with Crippen LogP contribution < -0.4 is 5.32 Å². The number of rotatable bonds is 6. The Balaban J connectivity index is 3.35. The second-order valence-electron chi connectivity index (χ2n) is 3.09. The molecule has 2 heteroatoms.